The fourth-order valence-corrected chi connectivity index (χ4v) is 4.19. The summed E-state index contributed by atoms with van der Waals surface area (Å²) < 4.78 is 5.21. The molecule has 2 heterocycles. The van der Waals surface area contributed by atoms with E-state index in [4.69, 9.17) is 4.74 Å². The molecule has 1 amide bonds. The predicted molar refractivity (Wildman–Crippen MR) is 111 cm³/mol. The number of Topliss-reactive ketones (excluding diaryl/α,β-unsaturated/α-hetero) is 1. The summed E-state index contributed by atoms with van der Waals surface area (Å²) in [6.07, 6.45) is 2.81. The molecule has 0 saturated carbocycles. The number of ether oxygens (including phenoxy) is 1. The van der Waals surface area contributed by atoms with E-state index in [2.05, 4.69) is 4.98 Å². The minimum atomic E-state index is -0.622. The van der Waals surface area contributed by atoms with Gasteiger partial charge in [-0.25, -0.2) is 4.79 Å². The summed E-state index contributed by atoms with van der Waals surface area (Å²) in [6.45, 7) is 7.62. The lowest BCUT2D eigenvalue weighted by molar-refractivity contribution is -0.132. The van der Waals surface area contributed by atoms with Crippen LogP contribution >= 0.6 is 0 Å². The van der Waals surface area contributed by atoms with Crippen molar-refractivity contribution in [1.29, 1.82) is 0 Å². The summed E-state index contributed by atoms with van der Waals surface area (Å²) in [5.41, 5.74) is 2.08. The van der Waals surface area contributed by atoms with Crippen molar-refractivity contribution >= 4 is 17.7 Å². The molecule has 29 heavy (non-hydrogen) atoms. The molecule has 1 aromatic carbocycles. The number of H-pyrrole nitrogens is 1. The summed E-state index contributed by atoms with van der Waals surface area (Å²) in [5, 5.41) is 0. The van der Waals surface area contributed by atoms with Crippen LogP contribution in [0.5, 0.6) is 0 Å². The molecule has 1 aliphatic heterocycles. The predicted octanol–water partition coefficient (Wildman–Crippen LogP) is 4.14. The molecule has 154 valence electrons. The summed E-state index contributed by atoms with van der Waals surface area (Å²) in [7, 11) is 0. The third-order valence-corrected chi connectivity index (χ3v) is 5.58. The number of benzene rings is 1. The van der Waals surface area contributed by atoms with Crippen molar-refractivity contribution in [2.24, 2.45) is 0 Å². The summed E-state index contributed by atoms with van der Waals surface area (Å²) in [6, 6.07) is 9.18. The van der Waals surface area contributed by atoms with Gasteiger partial charge in [-0.3, -0.25) is 9.59 Å². The van der Waals surface area contributed by atoms with Crippen LogP contribution in [0, 0.1) is 6.92 Å². The number of carbonyl (C=O) groups is 3. The van der Waals surface area contributed by atoms with Crippen molar-refractivity contribution in [3.63, 3.8) is 0 Å². The lowest BCUT2D eigenvalue weighted by Crippen LogP contribution is -2.50. The van der Waals surface area contributed by atoms with E-state index >= 15 is 0 Å². The van der Waals surface area contributed by atoms with Gasteiger partial charge in [-0.2, -0.15) is 0 Å². The Morgan fingerprint density at radius 1 is 1.10 bits per heavy atom. The molecule has 0 radical (unpaired) electrons. The molecule has 0 unspecified atom stereocenters. The van der Waals surface area contributed by atoms with Crippen LogP contribution in [0.2, 0.25) is 0 Å². The fourth-order valence-electron chi connectivity index (χ4n) is 4.19. The molecule has 2 atom stereocenters. The summed E-state index contributed by atoms with van der Waals surface area (Å²) in [4.78, 5) is 43.8. The Morgan fingerprint density at radius 3 is 2.31 bits per heavy atom. The molecule has 1 N–H and O–H groups in total. The highest BCUT2D eigenvalue weighted by molar-refractivity contribution is 6.44. The maximum absolute atomic E-state index is 13.3. The first-order chi connectivity index (χ1) is 13.9. The number of aromatic amines is 1. The van der Waals surface area contributed by atoms with Gasteiger partial charge in [0.05, 0.1) is 12.2 Å². The Bertz CT molecular complexity index is 906. The molecule has 1 saturated heterocycles. The number of nitrogens with one attached hydrogen (secondary N) is 1. The molecule has 1 aromatic heterocycles. The minimum absolute atomic E-state index is 0.0101. The van der Waals surface area contributed by atoms with Crippen molar-refractivity contribution in [3.8, 4) is 11.1 Å². The van der Waals surface area contributed by atoms with E-state index in [0.717, 1.165) is 19.3 Å². The zero-order valence-electron chi connectivity index (χ0n) is 17.5. The number of aromatic nitrogens is 1. The van der Waals surface area contributed by atoms with Crippen LogP contribution in [0.1, 0.15) is 66.6 Å². The lowest BCUT2D eigenvalue weighted by atomic mass is 9.95. The third kappa shape index (κ3) is 3.97. The Morgan fingerprint density at radius 2 is 1.72 bits per heavy atom. The van der Waals surface area contributed by atoms with E-state index in [1.54, 1.807) is 18.7 Å². The number of likely N-dealkylation sites (tertiary alicyclic amines) is 1. The smallest absolute Gasteiger partial charge is 0.340 e. The lowest BCUT2D eigenvalue weighted by Gasteiger charge is -2.38. The molecular formula is C23H28N2O4. The van der Waals surface area contributed by atoms with Gasteiger partial charge in [0.1, 0.15) is 5.69 Å². The first kappa shape index (κ1) is 20.8. The molecule has 2 aromatic rings. The molecule has 3 rings (SSSR count). The third-order valence-electron chi connectivity index (χ3n) is 5.58. The molecule has 6 nitrogen and oxygen atoms in total. The van der Waals surface area contributed by atoms with Gasteiger partial charge in [-0.05, 0) is 52.5 Å². The van der Waals surface area contributed by atoms with Gasteiger partial charge >= 0.3 is 5.97 Å². The van der Waals surface area contributed by atoms with E-state index in [1.807, 2.05) is 44.2 Å². The zero-order valence-corrected chi connectivity index (χ0v) is 17.5. The summed E-state index contributed by atoms with van der Waals surface area (Å²) in [5.74, 6) is -1.66. The van der Waals surface area contributed by atoms with Crippen LogP contribution < -0.4 is 0 Å². The second kappa shape index (κ2) is 8.64. The molecule has 1 aliphatic rings. The van der Waals surface area contributed by atoms with Crippen LogP contribution in [0.25, 0.3) is 11.1 Å². The fraction of sp³-hybridized carbons (Fsp3) is 0.435. The highest BCUT2D eigenvalue weighted by atomic mass is 16.5. The SMILES string of the molecule is CCOC(=O)c1c(C)[nH]c(C(=O)C(=O)N2[C@H](C)CCC[C@H]2C)c1-c1ccccc1. The molecule has 1 fully saturated rings. The Labute approximate surface area is 171 Å². The Kier molecular flexibility index (Phi) is 6.20. The average molecular weight is 396 g/mol. The van der Waals surface area contributed by atoms with Crippen LogP contribution in [-0.2, 0) is 9.53 Å². The topological polar surface area (TPSA) is 79.5 Å². The molecule has 6 heteroatoms. The van der Waals surface area contributed by atoms with Gasteiger partial charge in [-0.15, -0.1) is 0 Å². The number of hydrogen-bond donors (Lipinski definition) is 1. The number of aryl methyl sites for hydroxylation is 1. The van der Waals surface area contributed by atoms with Crippen LogP contribution in [0.15, 0.2) is 30.3 Å². The van der Waals surface area contributed by atoms with Crippen LogP contribution in [-0.4, -0.2) is 46.2 Å². The van der Waals surface area contributed by atoms with Gasteiger partial charge in [0.25, 0.3) is 11.7 Å². The number of carbonyl (C=O) groups excluding carboxylic acids is 3. The highest BCUT2D eigenvalue weighted by Gasteiger charge is 2.36. The Hall–Kier alpha value is -2.89. The number of piperidine rings is 1. The van der Waals surface area contributed by atoms with Gasteiger partial charge in [0, 0.05) is 23.3 Å². The number of ketones is 1. The Balaban J connectivity index is 2.09. The van der Waals surface area contributed by atoms with Gasteiger partial charge in [-0.1, -0.05) is 30.3 Å². The van der Waals surface area contributed by atoms with E-state index < -0.39 is 17.7 Å². The standard InChI is InChI=1S/C23H28N2O4/c1-5-29-23(28)18-16(4)24-20(19(18)17-12-7-6-8-13-17)21(26)22(27)25-14(2)10-9-11-15(25)3/h6-8,12-15,24H,5,9-11H2,1-4H3/t14-,15-/m1/s1. The second-order valence-corrected chi connectivity index (χ2v) is 7.63. The van der Waals surface area contributed by atoms with Gasteiger partial charge < -0.3 is 14.6 Å². The monoisotopic (exact) mass is 396 g/mol. The normalized spacial score (nSPS) is 19.1. The van der Waals surface area contributed by atoms with Gasteiger partial charge in [0.2, 0.25) is 0 Å². The number of amides is 1. The van der Waals surface area contributed by atoms with Crippen molar-refractivity contribution in [3.05, 3.63) is 47.3 Å². The van der Waals surface area contributed by atoms with E-state index in [9.17, 15) is 14.4 Å². The first-order valence-corrected chi connectivity index (χ1v) is 10.2. The largest absolute Gasteiger partial charge is 0.462 e. The van der Waals surface area contributed by atoms with Crippen LogP contribution in [0.4, 0.5) is 0 Å². The van der Waals surface area contributed by atoms with E-state index in [-0.39, 0.29) is 24.4 Å². The average Bonchev–Trinajstić information content (AvgIpc) is 3.05. The van der Waals surface area contributed by atoms with Crippen molar-refractivity contribution in [2.45, 2.75) is 59.0 Å². The van der Waals surface area contributed by atoms with E-state index in [1.165, 1.54) is 0 Å². The number of rotatable bonds is 5. The number of nitrogens with zero attached hydrogens (tertiary/aromatic N) is 1. The van der Waals surface area contributed by atoms with Crippen LogP contribution in [0.3, 0.4) is 0 Å². The maximum atomic E-state index is 13.3. The molecule has 0 spiro atoms. The van der Waals surface area contributed by atoms with Gasteiger partial charge in [0.15, 0.2) is 0 Å². The highest BCUT2D eigenvalue weighted by Crippen LogP contribution is 2.32. The first-order valence-electron chi connectivity index (χ1n) is 10.2. The quantitative estimate of drug-likeness (QED) is 0.468. The second-order valence-electron chi connectivity index (χ2n) is 7.63. The number of hydrogen-bond acceptors (Lipinski definition) is 4. The van der Waals surface area contributed by atoms with E-state index in [0.29, 0.717) is 22.4 Å². The molecule has 0 bridgehead atoms. The summed E-state index contributed by atoms with van der Waals surface area (Å²) >= 11 is 0. The molecule has 0 aliphatic carbocycles. The minimum Gasteiger partial charge on any atom is -0.462 e. The van der Waals surface area contributed by atoms with Crippen molar-refractivity contribution in [1.82, 2.24) is 9.88 Å². The van der Waals surface area contributed by atoms with Crippen molar-refractivity contribution in [2.75, 3.05) is 6.61 Å². The zero-order chi connectivity index (χ0) is 21.1. The van der Waals surface area contributed by atoms with Crippen molar-refractivity contribution < 1.29 is 19.1 Å². The maximum Gasteiger partial charge on any atom is 0.340 e. The molecular weight excluding hydrogens is 368 g/mol. The number of esters is 1.